The van der Waals surface area contributed by atoms with Gasteiger partial charge >= 0.3 is 11.9 Å². The second-order valence-electron chi connectivity index (χ2n) is 4.29. The molecule has 2 unspecified atom stereocenters. The molecular formula is C11H12N2O5S. The van der Waals surface area contributed by atoms with Crippen LogP contribution in [-0.4, -0.2) is 51.0 Å². The van der Waals surface area contributed by atoms with Gasteiger partial charge in [-0.1, -0.05) is 0 Å². The first-order valence-electron chi connectivity index (χ1n) is 5.64. The molecule has 0 bridgehead atoms. The predicted octanol–water partition coefficient (Wildman–Crippen LogP) is 0.391. The van der Waals surface area contributed by atoms with Crippen molar-refractivity contribution in [3.63, 3.8) is 0 Å². The molecule has 8 heteroatoms. The largest absolute Gasteiger partial charge is 0.481 e. The normalized spacial score (nSPS) is 23.1. The summed E-state index contributed by atoms with van der Waals surface area (Å²) in [5.74, 6) is -4.62. The number of carboxylic acid groups (broad SMARTS) is 2. The summed E-state index contributed by atoms with van der Waals surface area (Å²) in [5, 5.41) is 18.1. The van der Waals surface area contributed by atoms with Gasteiger partial charge in [-0.3, -0.25) is 19.4 Å². The summed E-state index contributed by atoms with van der Waals surface area (Å²) in [6, 6.07) is 0. The lowest BCUT2D eigenvalue weighted by Gasteiger charge is -2.34. The number of carbonyl (C=O) groups excluding carboxylic acids is 1. The van der Waals surface area contributed by atoms with Crippen LogP contribution < -0.4 is 0 Å². The number of nitrogens with zero attached hydrogens (tertiary/aromatic N) is 2. The summed E-state index contributed by atoms with van der Waals surface area (Å²) in [6.45, 7) is 0.167. The molecule has 1 aliphatic rings. The minimum Gasteiger partial charge on any atom is -0.481 e. The van der Waals surface area contributed by atoms with Crippen molar-refractivity contribution in [2.75, 3.05) is 13.1 Å². The third kappa shape index (κ3) is 2.73. The molecule has 2 heterocycles. The van der Waals surface area contributed by atoms with Crippen molar-refractivity contribution in [3.05, 3.63) is 16.6 Å². The van der Waals surface area contributed by atoms with Gasteiger partial charge < -0.3 is 15.1 Å². The SMILES string of the molecule is O=C(O)C1CCN(C(=O)c2cncs2)CC1C(=O)O. The quantitative estimate of drug-likeness (QED) is 0.831. The molecule has 1 aromatic heterocycles. The smallest absolute Gasteiger partial charge is 0.309 e. The highest BCUT2D eigenvalue weighted by Crippen LogP contribution is 2.26. The van der Waals surface area contributed by atoms with E-state index in [4.69, 9.17) is 10.2 Å². The van der Waals surface area contributed by atoms with Gasteiger partial charge in [0.2, 0.25) is 0 Å². The molecular weight excluding hydrogens is 272 g/mol. The van der Waals surface area contributed by atoms with E-state index in [9.17, 15) is 14.4 Å². The summed E-state index contributed by atoms with van der Waals surface area (Å²) in [6.07, 6.45) is 1.57. The van der Waals surface area contributed by atoms with E-state index in [2.05, 4.69) is 4.98 Å². The van der Waals surface area contributed by atoms with Crippen LogP contribution in [0.1, 0.15) is 16.1 Å². The molecule has 1 saturated heterocycles. The second-order valence-corrected chi connectivity index (χ2v) is 5.18. The van der Waals surface area contributed by atoms with Crippen LogP contribution in [0.5, 0.6) is 0 Å². The maximum absolute atomic E-state index is 12.1. The van der Waals surface area contributed by atoms with Crippen LogP contribution >= 0.6 is 11.3 Å². The fourth-order valence-corrected chi connectivity index (χ4v) is 2.75. The molecule has 1 amide bonds. The van der Waals surface area contributed by atoms with E-state index >= 15 is 0 Å². The summed E-state index contributed by atoms with van der Waals surface area (Å²) in [4.78, 5) is 39.8. The number of likely N-dealkylation sites (tertiary alicyclic amines) is 1. The third-order valence-corrected chi connectivity index (χ3v) is 3.94. The van der Waals surface area contributed by atoms with Crippen molar-refractivity contribution in [2.45, 2.75) is 6.42 Å². The average molecular weight is 284 g/mol. The van der Waals surface area contributed by atoms with Gasteiger partial charge in [0.25, 0.3) is 5.91 Å². The highest BCUT2D eigenvalue weighted by atomic mass is 32.1. The average Bonchev–Trinajstić information content (AvgIpc) is 2.90. The topological polar surface area (TPSA) is 108 Å². The Bertz CT molecular complexity index is 501. The van der Waals surface area contributed by atoms with Gasteiger partial charge in [0, 0.05) is 13.1 Å². The molecule has 0 saturated carbocycles. The van der Waals surface area contributed by atoms with Crippen LogP contribution in [0.4, 0.5) is 0 Å². The van der Waals surface area contributed by atoms with Gasteiger partial charge in [0.05, 0.1) is 23.5 Å². The fraction of sp³-hybridized carbons (Fsp3) is 0.455. The lowest BCUT2D eigenvalue weighted by atomic mass is 9.85. The summed E-state index contributed by atoms with van der Waals surface area (Å²) in [7, 11) is 0. The summed E-state index contributed by atoms with van der Waals surface area (Å²) < 4.78 is 0. The van der Waals surface area contributed by atoms with Crippen molar-refractivity contribution < 1.29 is 24.6 Å². The van der Waals surface area contributed by atoms with Crippen molar-refractivity contribution in [2.24, 2.45) is 11.8 Å². The van der Waals surface area contributed by atoms with E-state index in [-0.39, 0.29) is 25.4 Å². The Hall–Kier alpha value is -1.96. The lowest BCUT2D eigenvalue weighted by molar-refractivity contribution is -0.156. The van der Waals surface area contributed by atoms with Gasteiger partial charge in [-0.25, -0.2) is 0 Å². The van der Waals surface area contributed by atoms with Gasteiger partial charge in [-0.15, -0.1) is 11.3 Å². The van der Waals surface area contributed by atoms with Gasteiger partial charge in [-0.2, -0.15) is 0 Å². The first kappa shape index (κ1) is 13.5. The van der Waals surface area contributed by atoms with Gasteiger partial charge in [0.15, 0.2) is 0 Å². The number of rotatable bonds is 3. The Morgan fingerprint density at radius 2 is 1.95 bits per heavy atom. The number of piperidine rings is 1. The van der Waals surface area contributed by atoms with Crippen LogP contribution in [0.25, 0.3) is 0 Å². The summed E-state index contributed by atoms with van der Waals surface area (Å²) in [5.41, 5.74) is 1.52. The molecule has 0 aromatic carbocycles. The molecule has 2 rings (SSSR count). The van der Waals surface area contributed by atoms with E-state index in [1.807, 2.05) is 0 Å². The maximum atomic E-state index is 12.1. The standard InChI is InChI=1S/C11H12N2O5S/c14-9(8-3-12-5-19-8)13-2-1-6(10(15)16)7(4-13)11(17)18/h3,5-7H,1-2,4H2,(H,15,16)(H,17,18). The number of carbonyl (C=O) groups is 3. The highest BCUT2D eigenvalue weighted by molar-refractivity contribution is 7.11. The molecule has 102 valence electrons. The first-order chi connectivity index (χ1) is 9.00. The summed E-state index contributed by atoms with van der Waals surface area (Å²) >= 11 is 1.18. The zero-order valence-corrected chi connectivity index (χ0v) is 10.7. The molecule has 1 aromatic rings. The van der Waals surface area contributed by atoms with E-state index in [1.54, 1.807) is 0 Å². The van der Waals surface area contributed by atoms with E-state index in [0.29, 0.717) is 4.88 Å². The number of hydrogen-bond donors (Lipinski definition) is 2. The molecule has 1 aliphatic heterocycles. The Labute approximate surface area is 112 Å². The third-order valence-electron chi connectivity index (χ3n) is 3.18. The van der Waals surface area contributed by atoms with Crippen LogP contribution in [0, 0.1) is 11.8 Å². The first-order valence-corrected chi connectivity index (χ1v) is 6.52. The van der Waals surface area contributed by atoms with Crippen molar-refractivity contribution in [1.82, 2.24) is 9.88 Å². The second kappa shape index (κ2) is 5.35. The minimum absolute atomic E-state index is 0.0803. The Kier molecular flexibility index (Phi) is 3.79. The predicted molar refractivity (Wildman–Crippen MR) is 64.9 cm³/mol. The molecule has 2 N–H and O–H groups in total. The highest BCUT2D eigenvalue weighted by Gasteiger charge is 2.40. The number of amides is 1. The molecule has 0 aliphatic carbocycles. The Balaban J connectivity index is 2.13. The molecule has 2 atom stereocenters. The van der Waals surface area contributed by atoms with Gasteiger partial charge in [0.1, 0.15) is 4.88 Å². The van der Waals surface area contributed by atoms with Crippen molar-refractivity contribution in [1.29, 1.82) is 0 Å². The van der Waals surface area contributed by atoms with Crippen LogP contribution in [0.3, 0.4) is 0 Å². The number of aromatic nitrogens is 1. The van der Waals surface area contributed by atoms with Gasteiger partial charge in [-0.05, 0) is 6.42 Å². The zero-order chi connectivity index (χ0) is 14.0. The molecule has 0 spiro atoms. The van der Waals surface area contributed by atoms with E-state index in [1.165, 1.54) is 27.9 Å². The van der Waals surface area contributed by atoms with Crippen LogP contribution in [0.15, 0.2) is 11.7 Å². The van der Waals surface area contributed by atoms with Crippen molar-refractivity contribution >= 4 is 29.2 Å². The van der Waals surface area contributed by atoms with E-state index in [0.717, 1.165) is 0 Å². The van der Waals surface area contributed by atoms with Crippen molar-refractivity contribution in [3.8, 4) is 0 Å². The van der Waals surface area contributed by atoms with E-state index < -0.39 is 23.8 Å². The molecule has 19 heavy (non-hydrogen) atoms. The Morgan fingerprint density at radius 1 is 1.26 bits per heavy atom. The monoisotopic (exact) mass is 284 g/mol. The molecule has 0 radical (unpaired) electrons. The minimum atomic E-state index is -1.19. The Morgan fingerprint density at radius 3 is 2.47 bits per heavy atom. The fourth-order valence-electron chi connectivity index (χ4n) is 2.16. The van der Waals surface area contributed by atoms with Crippen LogP contribution in [0.2, 0.25) is 0 Å². The number of thiazole rings is 1. The lowest BCUT2D eigenvalue weighted by Crippen LogP contribution is -2.48. The number of carboxylic acids is 2. The maximum Gasteiger partial charge on any atom is 0.309 e. The molecule has 1 fully saturated rings. The number of hydrogen-bond acceptors (Lipinski definition) is 5. The number of aliphatic carboxylic acids is 2. The molecule has 7 nitrogen and oxygen atoms in total. The van der Waals surface area contributed by atoms with Crippen LogP contribution in [-0.2, 0) is 9.59 Å². The zero-order valence-electron chi connectivity index (χ0n) is 9.85.